The number of halogens is 3. The van der Waals surface area contributed by atoms with Crippen LogP contribution in [0.2, 0.25) is 0 Å². The molecule has 0 spiro atoms. The molecule has 118 valence electrons. The number of hydrazine groups is 1. The third-order valence-electron chi connectivity index (χ3n) is 3.44. The van der Waals surface area contributed by atoms with E-state index in [2.05, 4.69) is 23.1 Å². The molecule has 7 heteroatoms. The molecule has 1 aliphatic heterocycles. The number of rotatable bonds is 6. The maximum absolute atomic E-state index is 12.1. The standard InChI is InChI=1S/C14H20F3N3O/c1-10-12(8-19-20-10)7-18-6-11-3-2-4-13(5-11)21-9-14(15,16)17/h2-5,10,12,18-20H,6-9H2,1H3. The monoisotopic (exact) mass is 303 g/mol. The Hall–Kier alpha value is -1.31. The summed E-state index contributed by atoms with van der Waals surface area (Å²) in [5.41, 5.74) is 7.14. The molecule has 0 aromatic heterocycles. The number of benzene rings is 1. The summed E-state index contributed by atoms with van der Waals surface area (Å²) in [6.07, 6.45) is -4.31. The van der Waals surface area contributed by atoms with Crippen LogP contribution in [0.1, 0.15) is 12.5 Å². The van der Waals surface area contributed by atoms with E-state index in [9.17, 15) is 13.2 Å². The SMILES string of the molecule is CC1NNCC1CNCc1cccc(OCC(F)(F)F)c1. The van der Waals surface area contributed by atoms with E-state index in [1.54, 1.807) is 12.1 Å². The van der Waals surface area contributed by atoms with E-state index in [4.69, 9.17) is 4.74 Å². The molecular weight excluding hydrogens is 283 g/mol. The Labute approximate surface area is 122 Å². The minimum absolute atomic E-state index is 0.240. The smallest absolute Gasteiger partial charge is 0.422 e. The van der Waals surface area contributed by atoms with Gasteiger partial charge in [-0.25, -0.2) is 0 Å². The van der Waals surface area contributed by atoms with Gasteiger partial charge in [0.2, 0.25) is 0 Å². The molecule has 1 heterocycles. The first-order chi connectivity index (χ1) is 9.94. The van der Waals surface area contributed by atoms with Crippen molar-refractivity contribution in [2.45, 2.75) is 25.7 Å². The maximum atomic E-state index is 12.1. The quantitative estimate of drug-likeness (QED) is 0.750. The second kappa shape index (κ2) is 7.11. The summed E-state index contributed by atoms with van der Waals surface area (Å²) >= 11 is 0. The molecule has 0 aliphatic carbocycles. The molecule has 2 unspecified atom stereocenters. The highest BCUT2D eigenvalue weighted by Gasteiger charge is 2.28. The predicted octanol–water partition coefficient (Wildman–Crippen LogP) is 1.83. The van der Waals surface area contributed by atoms with Gasteiger partial charge in [-0.3, -0.25) is 10.9 Å². The normalized spacial score (nSPS) is 22.5. The lowest BCUT2D eigenvalue weighted by molar-refractivity contribution is -0.153. The molecule has 0 bridgehead atoms. The Morgan fingerprint density at radius 3 is 2.86 bits per heavy atom. The summed E-state index contributed by atoms with van der Waals surface area (Å²) in [4.78, 5) is 0. The van der Waals surface area contributed by atoms with Gasteiger partial charge < -0.3 is 10.1 Å². The lowest BCUT2D eigenvalue weighted by atomic mass is 10.0. The van der Waals surface area contributed by atoms with Gasteiger partial charge in [0.05, 0.1) is 0 Å². The number of nitrogens with one attached hydrogen (secondary N) is 3. The van der Waals surface area contributed by atoms with Crippen molar-refractivity contribution in [2.24, 2.45) is 5.92 Å². The Kier molecular flexibility index (Phi) is 5.44. The van der Waals surface area contributed by atoms with Crippen molar-refractivity contribution < 1.29 is 17.9 Å². The van der Waals surface area contributed by atoms with Crippen LogP contribution in [0.15, 0.2) is 24.3 Å². The highest BCUT2D eigenvalue weighted by atomic mass is 19.4. The van der Waals surface area contributed by atoms with Crippen LogP contribution in [0.4, 0.5) is 13.2 Å². The molecular formula is C14H20F3N3O. The zero-order valence-electron chi connectivity index (χ0n) is 11.8. The molecule has 2 rings (SSSR count). The molecule has 1 aromatic carbocycles. The molecule has 0 amide bonds. The molecule has 1 aliphatic rings. The van der Waals surface area contributed by atoms with Gasteiger partial charge in [0.25, 0.3) is 0 Å². The van der Waals surface area contributed by atoms with Gasteiger partial charge in [-0.1, -0.05) is 12.1 Å². The van der Waals surface area contributed by atoms with Gasteiger partial charge in [0.1, 0.15) is 5.75 Å². The van der Waals surface area contributed by atoms with Crippen LogP contribution >= 0.6 is 0 Å². The van der Waals surface area contributed by atoms with E-state index >= 15 is 0 Å². The summed E-state index contributed by atoms with van der Waals surface area (Å²) in [7, 11) is 0. The van der Waals surface area contributed by atoms with Crippen molar-refractivity contribution in [1.82, 2.24) is 16.2 Å². The van der Waals surface area contributed by atoms with Crippen LogP contribution in [0, 0.1) is 5.92 Å². The minimum atomic E-state index is -4.31. The molecule has 0 saturated carbocycles. The highest BCUT2D eigenvalue weighted by Crippen LogP contribution is 2.19. The van der Waals surface area contributed by atoms with E-state index in [1.807, 2.05) is 6.07 Å². The molecule has 4 nitrogen and oxygen atoms in total. The third-order valence-corrected chi connectivity index (χ3v) is 3.44. The predicted molar refractivity (Wildman–Crippen MR) is 73.8 cm³/mol. The Balaban J connectivity index is 1.78. The van der Waals surface area contributed by atoms with Gasteiger partial charge >= 0.3 is 6.18 Å². The Bertz CT molecular complexity index is 453. The number of ether oxygens (including phenoxy) is 1. The van der Waals surface area contributed by atoms with Crippen molar-refractivity contribution in [3.8, 4) is 5.75 Å². The zero-order chi connectivity index (χ0) is 15.3. The van der Waals surface area contributed by atoms with E-state index in [0.29, 0.717) is 18.5 Å². The van der Waals surface area contributed by atoms with Crippen molar-refractivity contribution in [3.05, 3.63) is 29.8 Å². The molecule has 21 heavy (non-hydrogen) atoms. The fourth-order valence-corrected chi connectivity index (χ4v) is 2.21. The molecule has 3 N–H and O–H groups in total. The first-order valence-corrected chi connectivity index (χ1v) is 6.91. The topological polar surface area (TPSA) is 45.3 Å². The summed E-state index contributed by atoms with van der Waals surface area (Å²) in [6, 6.07) is 7.13. The van der Waals surface area contributed by atoms with Crippen molar-refractivity contribution >= 4 is 0 Å². The first kappa shape index (κ1) is 16.1. The lowest BCUT2D eigenvalue weighted by Crippen LogP contribution is -2.32. The third kappa shape index (κ3) is 5.53. The summed E-state index contributed by atoms with van der Waals surface area (Å²) < 4.78 is 41.0. The van der Waals surface area contributed by atoms with Crippen LogP contribution in [0.25, 0.3) is 0 Å². The Morgan fingerprint density at radius 1 is 1.38 bits per heavy atom. The first-order valence-electron chi connectivity index (χ1n) is 6.91. The van der Waals surface area contributed by atoms with Crippen molar-refractivity contribution in [2.75, 3.05) is 19.7 Å². The lowest BCUT2D eigenvalue weighted by Gasteiger charge is -2.15. The average molecular weight is 303 g/mol. The zero-order valence-corrected chi connectivity index (χ0v) is 11.8. The number of hydrogen-bond donors (Lipinski definition) is 3. The van der Waals surface area contributed by atoms with E-state index < -0.39 is 12.8 Å². The minimum Gasteiger partial charge on any atom is -0.484 e. The van der Waals surface area contributed by atoms with Crippen molar-refractivity contribution in [1.29, 1.82) is 0 Å². The number of hydrogen-bond acceptors (Lipinski definition) is 4. The van der Waals surface area contributed by atoms with E-state index in [-0.39, 0.29) is 5.75 Å². The van der Waals surface area contributed by atoms with Crippen molar-refractivity contribution in [3.63, 3.8) is 0 Å². The van der Waals surface area contributed by atoms with Crippen LogP contribution in [-0.2, 0) is 6.54 Å². The Morgan fingerprint density at radius 2 is 2.19 bits per heavy atom. The van der Waals surface area contributed by atoms with Crippen LogP contribution in [0.5, 0.6) is 5.75 Å². The van der Waals surface area contributed by atoms with Gasteiger partial charge in [-0.05, 0) is 24.6 Å². The molecule has 1 fully saturated rings. The largest absolute Gasteiger partial charge is 0.484 e. The van der Waals surface area contributed by atoms with Gasteiger partial charge in [0, 0.05) is 31.6 Å². The van der Waals surface area contributed by atoms with E-state index in [1.165, 1.54) is 6.07 Å². The fourth-order valence-electron chi connectivity index (χ4n) is 2.21. The van der Waals surface area contributed by atoms with E-state index in [0.717, 1.165) is 18.7 Å². The average Bonchev–Trinajstić information content (AvgIpc) is 2.82. The van der Waals surface area contributed by atoms with Gasteiger partial charge in [-0.15, -0.1) is 0 Å². The second-order valence-electron chi connectivity index (χ2n) is 5.26. The molecule has 1 aromatic rings. The van der Waals surface area contributed by atoms with Crippen LogP contribution < -0.4 is 20.9 Å². The molecule has 2 atom stereocenters. The summed E-state index contributed by atoms with van der Waals surface area (Å²) in [6.45, 7) is 3.20. The molecule has 1 saturated heterocycles. The highest BCUT2D eigenvalue weighted by molar-refractivity contribution is 5.28. The maximum Gasteiger partial charge on any atom is 0.422 e. The molecule has 0 radical (unpaired) electrons. The van der Waals surface area contributed by atoms with Gasteiger partial charge in [-0.2, -0.15) is 13.2 Å². The second-order valence-corrected chi connectivity index (χ2v) is 5.26. The fraction of sp³-hybridized carbons (Fsp3) is 0.571. The van der Waals surface area contributed by atoms with Crippen LogP contribution in [0.3, 0.4) is 0 Å². The summed E-state index contributed by atoms with van der Waals surface area (Å²) in [5, 5.41) is 3.32. The number of alkyl halides is 3. The summed E-state index contributed by atoms with van der Waals surface area (Å²) in [5.74, 6) is 0.735. The van der Waals surface area contributed by atoms with Gasteiger partial charge in [0.15, 0.2) is 6.61 Å². The van der Waals surface area contributed by atoms with Crippen LogP contribution in [-0.4, -0.2) is 31.9 Å².